The molecule has 0 saturated heterocycles. The van der Waals surface area contributed by atoms with Crippen LogP contribution in [0.5, 0.6) is 0 Å². The smallest absolute Gasteiger partial charge is 0.214 e. The molecular formula is C15H19NO2. The number of aryl methyl sites for hydroxylation is 1. The second kappa shape index (κ2) is 4.94. The Kier molecular flexibility index (Phi) is 3.53. The van der Waals surface area contributed by atoms with Crippen molar-refractivity contribution in [3.63, 3.8) is 0 Å². The van der Waals surface area contributed by atoms with Gasteiger partial charge in [-0.3, -0.25) is 4.79 Å². The first kappa shape index (κ1) is 12.8. The maximum Gasteiger partial charge on any atom is 0.214 e. The Morgan fingerprint density at radius 3 is 2.78 bits per heavy atom. The molecule has 2 atom stereocenters. The van der Waals surface area contributed by atoms with Crippen molar-refractivity contribution in [2.75, 3.05) is 0 Å². The molecule has 18 heavy (non-hydrogen) atoms. The molecule has 3 heteroatoms. The molecular weight excluding hydrogens is 226 g/mol. The largest absolute Gasteiger partial charge is 0.453 e. The lowest BCUT2D eigenvalue weighted by atomic mass is 9.95. The van der Waals surface area contributed by atoms with Crippen LogP contribution in [0, 0.1) is 12.8 Å². The van der Waals surface area contributed by atoms with Gasteiger partial charge < -0.3 is 10.2 Å². The number of carbonyl (C=O) groups is 1. The number of benzene rings is 1. The fourth-order valence-corrected chi connectivity index (χ4v) is 2.01. The Morgan fingerprint density at radius 1 is 1.44 bits per heavy atom. The van der Waals surface area contributed by atoms with E-state index in [1.54, 1.807) is 6.07 Å². The molecule has 0 spiro atoms. The van der Waals surface area contributed by atoms with Gasteiger partial charge in [-0.1, -0.05) is 38.5 Å². The summed E-state index contributed by atoms with van der Waals surface area (Å²) < 4.78 is 5.65. The third-order valence-electron chi connectivity index (χ3n) is 3.54. The predicted molar refractivity (Wildman–Crippen MR) is 72.7 cm³/mol. The van der Waals surface area contributed by atoms with Crippen LogP contribution in [0.25, 0.3) is 11.0 Å². The Balaban J connectivity index is 2.37. The highest BCUT2D eigenvalue weighted by atomic mass is 16.3. The molecule has 0 bridgehead atoms. The first-order chi connectivity index (χ1) is 8.54. The molecule has 0 aliphatic rings. The number of rotatable bonds is 4. The molecule has 0 amide bonds. The van der Waals surface area contributed by atoms with Crippen LogP contribution >= 0.6 is 0 Å². The number of fused-ring (bicyclic) bond motifs is 1. The zero-order valence-electron chi connectivity index (χ0n) is 11.1. The number of hydrogen-bond acceptors (Lipinski definition) is 3. The van der Waals surface area contributed by atoms with E-state index in [-0.39, 0.29) is 11.7 Å². The molecule has 2 N–H and O–H groups in total. The zero-order chi connectivity index (χ0) is 13.3. The molecule has 2 unspecified atom stereocenters. The summed E-state index contributed by atoms with van der Waals surface area (Å²) >= 11 is 0. The van der Waals surface area contributed by atoms with Crippen molar-refractivity contribution in [3.05, 3.63) is 35.6 Å². The summed E-state index contributed by atoms with van der Waals surface area (Å²) in [5.74, 6) is 0.416. The summed E-state index contributed by atoms with van der Waals surface area (Å²) in [7, 11) is 0. The van der Waals surface area contributed by atoms with E-state index in [1.165, 1.54) is 0 Å². The highest BCUT2D eigenvalue weighted by molar-refractivity contribution is 6.01. The van der Waals surface area contributed by atoms with E-state index in [4.69, 9.17) is 10.2 Å². The van der Waals surface area contributed by atoms with Gasteiger partial charge in [-0.2, -0.15) is 0 Å². The molecule has 1 aromatic heterocycles. The van der Waals surface area contributed by atoms with Crippen molar-refractivity contribution in [2.24, 2.45) is 11.7 Å². The van der Waals surface area contributed by atoms with E-state index in [0.717, 1.165) is 23.0 Å². The van der Waals surface area contributed by atoms with Gasteiger partial charge in [-0.15, -0.1) is 0 Å². The van der Waals surface area contributed by atoms with Crippen LogP contribution in [-0.4, -0.2) is 11.8 Å². The molecule has 3 nitrogen and oxygen atoms in total. The molecule has 1 aromatic carbocycles. The minimum atomic E-state index is -0.490. The first-order valence-electron chi connectivity index (χ1n) is 6.33. The number of furan rings is 1. The topological polar surface area (TPSA) is 56.2 Å². The minimum absolute atomic E-state index is 0.111. The van der Waals surface area contributed by atoms with Crippen molar-refractivity contribution in [1.29, 1.82) is 0 Å². The maximum atomic E-state index is 12.2. The Morgan fingerprint density at radius 2 is 2.17 bits per heavy atom. The molecule has 2 rings (SSSR count). The second-order valence-corrected chi connectivity index (χ2v) is 4.88. The predicted octanol–water partition coefficient (Wildman–Crippen LogP) is 3.30. The number of ketones is 1. The molecule has 0 fully saturated rings. The minimum Gasteiger partial charge on any atom is -0.453 e. The fraction of sp³-hybridized carbons (Fsp3) is 0.400. The normalized spacial score (nSPS) is 14.7. The Labute approximate surface area is 107 Å². The fourth-order valence-electron chi connectivity index (χ4n) is 2.01. The number of para-hydroxylation sites is 1. The standard InChI is InChI=1S/C15H19NO2/c1-4-9(2)13(16)14(17)12-8-11-7-5-6-10(3)15(11)18-12/h5-9,13H,4,16H2,1-3H3. The Hall–Kier alpha value is -1.61. The van der Waals surface area contributed by atoms with Crippen molar-refractivity contribution in [1.82, 2.24) is 0 Å². The van der Waals surface area contributed by atoms with E-state index in [0.29, 0.717) is 5.76 Å². The van der Waals surface area contributed by atoms with Crippen LogP contribution in [0.3, 0.4) is 0 Å². The van der Waals surface area contributed by atoms with Gasteiger partial charge in [-0.05, 0) is 24.5 Å². The average molecular weight is 245 g/mol. The van der Waals surface area contributed by atoms with E-state index < -0.39 is 6.04 Å². The van der Waals surface area contributed by atoms with Crippen LogP contribution in [0.4, 0.5) is 0 Å². The van der Waals surface area contributed by atoms with Crippen LogP contribution in [0.15, 0.2) is 28.7 Å². The van der Waals surface area contributed by atoms with Gasteiger partial charge >= 0.3 is 0 Å². The maximum absolute atomic E-state index is 12.2. The van der Waals surface area contributed by atoms with Crippen LogP contribution in [0.2, 0.25) is 0 Å². The SMILES string of the molecule is CCC(C)C(N)C(=O)c1cc2cccc(C)c2o1. The number of carbonyl (C=O) groups excluding carboxylic acids is 1. The number of nitrogens with two attached hydrogens (primary N) is 1. The van der Waals surface area contributed by atoms with E-state index in [2.05, 4.69) is 0 Å². The van der Waals surface area contributed by atoms with Gasteiger partial charge in [0.2, 0.25) is 5.78 Å². The molecule has 0 aliphatic carbocycles. The summed E-state index contributed by atoms with van der Waals surface area (Å²) in [5, 5.41) is 0.953. The molecule has 2 aromatic rings. The van der Waals surface area contributed by atoms with Gasteiger partial charge in [0.1, 0.15) is 5.58 Å². The molecule has 0 radical (unpaired) electrons. The van der Waals surface area contributed by atoms with Gasteiger partial charge in [0, 0.05) is 5.39 Å². The van der Waals surface area contributed by atoms with Gasteiger partial charge in [-0.25, -0.2) is 0 Å². The van der Waals surface area contributed by atoms with Crippen molar-refractivity contribution in [2.45, 2.75) is 33.2 Å². The molecule has 0 aliphatic heterocycles. The zero-order valence-corrected chi connectivity index (χ0v) is 11.1. The summed E-state index contributed by atoms with van der Waals surface area (Å²) in [5.41, 5.74) is 7.76. The van der Waals surface area contributed by atoms with Crippen LogP contribution < -0.4 is 5.73 Å². The summed E-state index contributed by atoms with van der Waals surface area (Å²) in [4.78, 5) is 12.2. The average Bonchev–Trinajstić information content (AvgIpc) is 2.81. The van der Waals surface area contributed by atoms with E-state index >= 15 is 0 Å². The molecule has 0 saturated carbocycles. The summed E-state index contributed by atoms with van der Waals surface area (Å²) in [6.45, 7) is 5.98. The van der Waals surface area contributed by atoms with Crippen LogP contribution in [0.1, 0.15) is 36.4 Å². The lowest BCUT2D eigenvalue weighted by Gasteiger charge is -2.15. The van der Waals surface area contributed by atoms with Crippen LogP contribution in [-0.2, 0) is 0 Å². The second-order valence-electron chi connectivity index (χ2n) is 4.88. The highest BCUT2D eigenvalue weighted by Gasteiger charge is 2.24. The number of Topliss-reactive ketones (excluding diaryl/α,β-unsaturated/α-hetero) is 1. The first-order valence-corrected chi connectivity index (χ1v) is 6.33. The summed E-state index contributed by atoms with van der Waals surface area (Å²) in [6.07, 6.45) is 0.881. The van der Waals surface area contributed by atoms with Gasteiger partial charge in [0.05, 0.1) is 6.04 Å². The van der Waals surface area contributed by atoms with Crippen molar-refractivity contribution in [3.8, 4) is 0 Å². The monoisotopic (exact) mass is 245 g/mol. The third-order valence-corrected chi connectivity index (χ3v) is 3.54. The van der Waals surface area contributed by atoms with Crippen molar-refractivity contribution < 1.29 is 9.21 Å². The Bertz CT molecular complexity index is 571. The summed E-state index contributed by atoms with van der Waals surface area (Å²) in [6, 6.07) is 7.16. The third kappa shape index (κ3) is 2.18. The van der Waals surface area contributed by atoms with E-state index in [1.807, 2.05) is 39.0 Å². The molecule has 1 heterocycles. The molecule has 96 valence electrons. The van der Waals surface area contributed by atoms with Gasteiger partial charge in [0.15, 0.2) is 5.76 Å². The highest BCUT2D eigenvalue weighted by Crippen LogP contribution is 2.24. The number of hydrogen-bond donors (Lipinski definition) is 1. The lowest BCUT2D eigenvalue weighted by molar-refractivity contribution is 0.0909. The van der Waals surface area contributed by atoms with E-state index in [9.17, 15) is 4.79 Å². The quantitative estimate of drug-likeness (QED) is 0.841. The van der Waals surface area contributed by atoms with Gasteiger partial charge in [0.25, 0.3) is 0 Å². The van der Waals surface area contributed by atoms with Crippen molar-refractivity contribution >= 4 is 16.8 Å². The lowest BCUT2D eigenvalue weighted by Crippen LogP contribution is -2.36.